The molecule has 1 aliphatic carbocycles. The Kier molecular flexibility index (Phi) is 6.11. The number of aromatic nitrogens is 1. The molecule has 1 heterocycles. The summed E-state index contributed by atoms with van der Waals surface area (Å²) in [4.78, 5) is 15.9. The second kappa shape index (κ2) is 8.53. The van der Waals surface area contributed by atoms with E-state index in [0.717, 1.165) is 35.5 Å². The largest absolute Gasteiger partial charge is 0.492 e. The molecule has 1 aromatic heterocycles. The van der Waals surface area contributed by atoms with Crippen LogP contribution in [0.5, 0.6) is 5.75 Å². The number of pyridine rings is 1. The first-order valence-corrected chi connectivity index (χ1v) is 9.57. The lowest BCUT2D eigenvalue weighted by molar-refractivity contribution is -0.147. The Balaban J connectivity index is 1.56. The zero-order chi connectivity index (χ0) is 19.3. The average molecular weight is 369 g/mol. The van der Waals surface area contributed by atoms with Crippen LogP contribution in [-0.4, -0.2) is 29.3 Å². The van der Waals surface area contributed by atoms with E-state index in [9.17, 15) is 9.90 Å². The molecular weight excluding hydrogens is 342 g/mol. The minimum atomic E-state index is -0.833. The highest BCUT2D eigenvalue weighted by Crippen LogP contribution is 2.42. The van der Waals surface area contributed by atoms with Gasteiger partial charge in [-0.1, -0.05) is 31.2 Å². The Morgan fingerprint density at radius 1 is 1.22 bits per heavy atom. The van der Waals surface area contributed by atoms with Gasteiger partial charge in [0.2, 0.25) is 0 Å². The minimum Gasteiger partial charge on any atom is -0.492 e. The van der Waals surface area contributed by atoms with Crippen molar-refractivity contribution in [3.8, 4) is 5.75 Å². The molecular formula is C22H27NO4. The van der Waals surface area contributed by atoms with Gasteiger partial charge in [0.1, 0.15) is 11.4 Å². The summed E-state index contributed by atoms with van der Waals surface area (Å²) in [6, 6.07) is 11.9. The number of nitrogens with zero attached hydrogens (tertiary/aromatic N) is 1. The molecule has 1 atom stereocenters. The number of carboxylic acids is 1. The first-order chi connectivity index (χ1) is 13.0. The van der Waals surface area contributed by atoms with Crippen LogP contribution in [0.2, 0.25) is 0 Å². The summed E-state index contributed by atoms with van der Waals surface area (Å²) in [7, 11) is 0. The predicted octanol–water partition coefficient (Wildman–Crippen LogP) is 4.05. The highest BCUT2D eigenvalue weighted by atomic mass is 16.5. The first kappa shape index (κ1) is 19.4. The van der Waals surface area contributed by atoms with Crippen LogP contribution in [0, 0.1) is 6.92 Å². The van der Waals surface area contributed by atoms with Gasteiger partial charge in [-0.05, 0) is 49.4 Å². The van der Waals surface area contributed by atoms with Gasteiger partial charge >= 0.3 is 5.97 Å². The maximum Gasteiger partial charge on any atom is 0.306 e. The summed E-state index contributed by atoms with van der Waals surface area (Å²) in [6.07, 6.45) is 3.16. The molecule has 0 unspecified atom stereocenters. The molecule has 5 nitrogen and oxygen atoms in total. The molecule has 1 N–H and O–H groups in total. The normalized spacial score (nSPS) is 18.3. The van der Waals surface area contributed by atoms with Crippen LogP contribution < -0.4 is 4.74 Å². The number of carbonyl (C=O) groups is 1. The Bertz CT molecular complexity index is 805. The van der Waals surface area contributed by atoms with Crippen LogP contribution in [0.3, 0.4) is 0 Å². The van der Waals surface area contributed by atoms with Crippen LogP contribution in [0.15, 0.2) is 36.4 Å². The molecule has 0 bridgehead atoms. The van der Waals surface area contributed by atoms with E-state index in [1.165, 1.54) is 5.56 Å². The van der Waals surface area contributed by atoms with E-state index >= 15 is 0 Å². The number of benzene rings is 1. The van der Waals surface area contributed by atoms with E-state index in [2.05, 4.69) is 18.0 Å². The maximum absolute atomic E-state index is 11.4. The maximum atomic E-state index is 11.4. The van der Waals surface area contributed by atoms with E-state index in [4.69, 9.17) is 9.47 Å². The van der Waals surface area contributed by atoms with Gasteiger partial charge in [0.15, 0.2) is 0 Å². The van der Waals surface area contributed by atoms with Crippen LogP contribution in [-0.2, 0) is 28.0 Å². The zero-order valence-electron chi connectivity index (χ0n) is 16.0. The van der Waals surface area contributed by atoms with Crippen molar-refractivity contribution in [2.45, 2.75) is 51.6 Å². The van der Waals surface area contributed by atoms with E-state index in [-0.39, 0.29) is 6.42 Å². The van der Waals surface area contributed by atoms with Crippen molar-refractivity contribution in [2.75, 3.05) is 13.2 Å². The molecule has 2 aromatic rings. The van der Waals surface area contributed by atoms with Crippen LogP contribution in [0.25, 0.3) is 0 Å². The van der Waals surface area contributed by atoms with Crippen LogP contribution in [0.4, 0.5) is 0 Å². The minimum absolute atomic E-state index is 0.00756. The molecule has 144 valence electrons. The summed E-state index contributed by atoms with van der Waals surface area (Å²) in [5, 5.41) is 9.38. The Hall–Kier alpha value is -2.40. The van der Waals surface area contributed by atoms with Gasteiger partial charge in [-0.2, -0.15) is 0 Å². The molecule has 0 aliphatic heterocycles. The Labute approximate surface area is 160 Å². The number of rotatable bonds is 9. The molecule has 0 fully saturated rings. The predicted molar refractivity (Wildman–Crippen MR) is 103 cm³/mol. The lowest BCUT2D eigenvalue weighted by atomic mass is 9.92. The molecule has 3 rings (SSSR count). The zero-order valence-corrected chi connectivity index (χ0v) is 16.0. The third-order valence-electron chi connectivity index (χ3n) is 5.13. The van der Waals surface area contributed by atoms with Crippen LogP contribution >= 0.6 is 0 Å². The van der Waals surface area contributed by atoms with Gasteiger partial charge in [0.05, 0.1) is 25.3 Å². The second-order valence-corrected chi connectivity index (χ2v) is 7.01. The van der Waals surface area contributed by atoms with Crippen molar-refractivity contribution >= 4 is 5.97 Å². The summed E-state index contributed by atoms with van der Waals surface area (Å²) in [5.41, 5.74) is 3.43. The molecule has 1 aromatic carbocycles. The average Bonchev–Trinajstić information content (AvgIpc) is 3.01. The number of carboxylic acid groups (broad SMARTS) is 1. The number of ether oxygens (including phenoxy) is 2. The van der Waals surface area contributed by atoms with Gasteiger partial charge in [-0.15, -0.1) is 0 Å². The van der Waals surface area contributed by atoms with Crippen LogP contribution in [0.1, 0.15) is 48.7 Å². The number of fused-ring (bicyclic) bond motifs is 1. The molecule has 0 spiro atoms. The Morgan fingerprint density at radius 3 is 2.78 bits per heavy atom. The number of hydrogen-bond acceptors (Lipinski definition) is 4. The summed E-state index contributed by atoms with van der Waals surface area (Å²) < 4.78 is 12.0. The SMILES string of the molecule is CCc1ccc(OCCCO[C@]2(CC(=O)O)CCc3ccccc32)c(C)n1. The third kappa shape index (κ3) is 4.48. The fraction of sp³-hybridized carbons (Fsp3) is 0.455. The van der Waals surface area contributed by atoms with E-state index < -0.39 is 11.6 Å². The van der Waals surface area contributed by atoms with Crippen molar-refractivity contribution < 1.29 is 19.4 Å². The van der Waals surface area contributed by atoms with Crippen molar-refractivity contribution in [2.24, 2.45) is 0 Å². The fourth-order valence-corrected chi connectivity index (χ4v) is 3.74. The molecule has 5 heteroatoms. The topological polar surface area (TPSA) is 68.7 Å². The molecule has 1 aliphatic rings. The fourth-order valence-electron chi connectivity index (χ4n) is 3.74. The molecule has 0 saturated carbocycles. The third-order valence-corrected chi connectivity index (χ3v) is 5.13. The quantitative estimate of drug-likeness (QED) is 0.675. The van der Waals surface area contributed by atoms with Crippen molar-refractivity contribution in [3.63, 3.8) is 0 Å². The van der Waals surface area contributed by atoms with E-state index in [0.29, 0.717) is 26.1 Å². The second-order valence-electron chi connectivity index (χ2n) is 7.01. The highest BCUT2D eigenvalue weighted by Gasteiger charge is 2.41. The summed E-state index contributed by atoms with van der Waals surface area (Å²) in [5.74, 6) is -0.0423. The van der Waals surface area contributed by atoms with E-state index in [1.807, 2.05) is 37.3 Å². The lowest BCUT2D eigenvalue weighted by Crippen LogP contribution is -2.31. The lowest BCUT2D eigenvalue weighted by Gasteiger charge is -2.29. The number of hydrogen-bond donors (Lipinski definition) is 1. The molecule has 27 heavy (non-hydrogen) atoms. The molecule has 0 radical (unpaired) electrons. The van der Waals surface area contributed by atoms with Crippen molar-refractivity contribution in [1.29, 1.82) is 0 Å². The van der Waals surface area contributed by atoms with Gasteiger partial charge in [-0.3, -0.25) is 9.78 Å². The van der Waals surface area contributed by atoms with Crippen molar-refractivity contribution in [3.05, 3.63) is 58.9 Å². The van der Waals surface area contributed by atoms with Gasteiger partial charge in [-0.25, -0.2) is 0 Å². The van der Waals surface area contributed by atoms with Crippen molar-refractivity contribution in [1.82, 2.24) is 4.98 Å². The standard InChI is InChI=1S/C22H27NO4/c1-3-18-9-10-20(16(2)23-18)26-13-6-14-27-22(15-21(24)25)12-11-17-7-4-5-8-19(17)22/h4-5,7-10H,3,6,11-15H2,1-2H3,(H,24,25)/t22-/m0/s1. The highest BCUT2D eigenvalue weighted by molar-refractivity contribution is 5.69. The Morgan fingerprint density at radius 2 is 2.04 bits per heavy atom. The van der Waals surface area contributed by atoms with Gasteiger partial charge in [0, 0.05) is 12.1 Å². The monoisotopic (exact) mass is 369 g/mol. The molecule has 0 saturated heterocycles. The molecule has 0 amide bonds. The number of aliphatic carboxylic acids is 1. The smallest absolute Gasteiger partial charge is 0.306 e. The van der Waals surface area contributed by atoms with Gasteiger partial charge in [0.25, 0.3) is 0 Å². The van der Waals surface area contributed by atoms with Gasteiger partial charge < -0.3 is 14.6 Å². The van der Waals surface area contributed by atoms with E-state index in [1.54, 1.807) is 0 Å². The summed E-state index contributed by atoms with van der Waals surface area (Å²) >= 11 is 0. The summed E-state index contributed by atoms with van der Waals surface area (Å²) in [6.45, 7) is 5.00. The first-order valence-electron chi connectivity index (χ1n) is 9.57. The number of aryl methyl sites for hydroxylation is 3.